The molecule has 1 amide bonds. The zero-order valence-electron chi connectivity index (χ0n) is 13.1. The number of carbonyl (C=O) groups is 1. The summed E-state index contributed by atoms with van der Waals surface area (Å²) in [6.45, 7) is 2.08. The minimum atomic E-state index is 0.0315. The van der Waals surface area contributed by atoms with Crippen LogP contribution in [0.2, 0.25) is 0 Å². The predicted molar refractivity (Wildman–Crippen MR) is 92.1 cm³/mol. The van der Waals surface area contributed by atoms with Gasteiger partial charge in [0.2, 0.25) is 0 Å². The average molecular weight is 289 g/mol. The Kier molecular flexibility index (Phi) is 3.68. The van der Waals surface area contributed by atoms with Gasteiger partial charge < -0.3 is 4.90 Å². The van der Waals surface area contributed by atoms with E-state index in [-0.39, 0.29) is 5.91 Å². The summed E-state index contributed by atoms with van der Waals surface area (Å²) in [6.07, 6.45) is 0. The van der Waals surface area contributed by atoms with Crippen LogP contribution in [0.1, 0.15) is 15.9 Å². The second-order valence-corrected chi connectivity index (χ2v) is 5.72. The first-order chi connectivity index (χ1) is 10.6. The number of hydrogen-bond acceptors (Lipinski definition) is 1. The lowest BCUT2D eigenvalue weighted by Crippen LogP contribution is -2.22. The van der Waals surface area contributed by atoms with E-state index < -0.39 is 0 Å². The summed E-state index contributed by atoms with van der Waals surface area (Å²) < 4.78 is 0. The number of nitrogens with zero attached hydrogens (tertiary/aromatic N) is 1. The monoisotopic (exact) mass is 289 g/mol. The summed E-state index contributed by atoms with van der Waals surface area (Å²) in [4.78, 5) is 14.3. The minimum absolute atomic E-state index is 0.0315. The van der Waals surface area contributed by atoms with Crippen LogP contribution in [-0.2, 0) is 0 Å². The second-order valence-electron chi connectivity index (χ2n) is 5.72. The van der Waals surface area contributed by atoms with Gasteiger partial charge in [0.25, 0.3) is 5.91 Å². The number of carbonyl (C=O) groups excluding carboxylic acids is 1. The molecule has 0 atom stereocenters. The van der Waals surface area contributed by atoms with E-state index in [1.54, 1.807) is 19.0 Å². The number of hydrogen-bond donors (Lipinski definition) is 0. The molecule has 0 aromatic heterocycles. The first-order valence-corrected chi connectivity index (χ1v) is 7.39. The molecule has 0 aliphatic carbocycles. The Bertz CT molecular complexity index is 849. The summed E-state index contributed by atoms with van der Waals surface area (Å²) in [5.74, 6) is 0.0315. The lowest BCUT2D eigenvalue weighted by atomic mass is 9.90. The molecule has 0 aliphatic heterocycles. The van der Waals surface area contributed by atoms with Gasteiger partial charge in [-0.25, -0.2) is 0 Å². The molecule has 3 rings (SSSR count). The van der Waals surface area contributed by atoms with E-state index >= 15 is 0 Å². The maximum Gasteiger partial charge on any atom is 0.253 e. The molecule has 3 aromatic rings. The molecule has 0 fully saturated rings. The van der Waals surface area contributed by atoms with Crippen LogP contribution in [0, 0.1) is 6.92 Å². The Hall–Kier alpha value is -2.61. The predicted octanol–water partition coefficient (Wildman–Crippen LogP) is 4.52. The van der Waals surface area contributed by atoms with Crippen molar-refractivity contribution in [3.8, 4) is 11.1 Å². The molecular weight excluding hydrogens is 270 g/mol. The molecule has 0 radical (unpaired) electrons. The summed E-state index contributed by atoms with van der Waals surface area (Å²) in [7, 11) is 3.58. The maximum absolute atomic E-state index is 12.6. The van der Waals surface area contributed by atoms with E-state index in [1.165, 1.54) is 5.56 Å². The van der Waals surface area contributed by atoms with Gasteiger partial charge in [0.05, 0.1) is 0 Å². The lowest BCUT2D eigenvalue weighted by molar-refractivity contribution is 0.0828. The quantitative estimate of drug-likeness (QED) is 0.679. The van der Waals surface area contributed by atoms with Crippen LogP contribution in [0.25, 0.3) is 21.9 Å². The zero-order valence-corrected chi connectivity index (χ0v) is 13.1. The molecule has 0 unspecified atom stereocenters. The number of amides is 1. The van der Waals surface area contributed by atoms with Crippen molar-refractivity contribution in [2.45, 2.75) is 6.92 Å². The maximum atomic E-state index is 12.6. The summed E-state index contributed by atoms with van der Waals surface area (Å²) in [5.41, 5.74) is 4.06. The molecule has 0 spiro atoms. The second kappa shape index (κ2) is 5.64. The van der Waals surface area contributed by atoms with Crippen molar-refractivity contribution < 1.29 is 4.79 Å². The van der Waals surface area contributed by atoms with Crippen LogP contribution >= 0.6 is 0 Å². The average Bonchev–Trinajstić information content (AvgIpc) is 2.53. The third-order valence-electron chi connectivity index (χ3n) is 3.98. The van der Waals surface area contributed by atoms with Gasteiger partial charge in [-0.1, -0.05) is 54.6 Å². The van der Waals surface area contributed by atoms with Gasteiger partial charge in [-0.15, -0.1) is 0 Å². The number of fused-ring (bicyclic) bond motifs is 1. The molecule has 3 aromatic carbocycles. The Labute approximate surface area is 131 Å². The van der Waals surface area contributed by atoms with Crippen molar-refractivity contribution >= 4 is 16.7 Å². The Morgan fingerprint density at radius 1 is 0.864 bits per heavy atom. The summed E-state index contributed by atoms with van der Waals surface area (Å²) >= 11 is 0. The number of aryl methyl sites for hydroxylation is 1. The summed E-state index contributed by atoms with van der Waals surface area (Å²) in [5, 5.41) is 2.26. The Balaban J connectivity index is 2.40. The largest absolute Gasteiger partial charge is 0.345 e. The first kappa shape index (κ1) is 14.3. The lowest BCUT2D eigenvalue weighted by Gasteiger charge is -2.18. The topological polar surface area (TPSA) is 20.3 Å². The van der Waals surface area contributed by atoms with Crippen LogP contribution in [0.3, 0.4) is 0 Å². The molecule has 22 heavy (non-hydrogen) atoms. The molecule has 0 saturated heterocycles. The fourth-order valence-electron chi connectivity index (χ4n) is 2.83. The number of rotatable bonds is 2. The van der Waals surface area contributed by atoms with Gasteiger partial charge >= 0.3 is 0 Å². The van der Waals surface area contributed by atoms with Gasteiger partial charge in [-0.3, -0.25) is 4.79 Å². The van der Waals surface area contributed by atoms with Crippen LogP contribution in [0.4, 0.5) is 0 Å². The molecule has 0 bridgehead atoms. The van der Waals surface area contributed by atoms with Gasteiger partial charge in [0.15, 0.2) is 0 Å². The third-order valence-corrected chi connectivity index (χ3v) is 3.98. The van der Waals surface area contributed by atoms with Crippen molar-refractivity contribution in [2.24, 2.45) is 0 Å². The highest BCUT2D eigenvalue weighted by Crippen LogP contribution is 2.34. The van der Waals surface area contributed by atoms with E-state index in [9.17, 15) is 4.79 Å². The van der Waals surface area contributed by atoms with E-state index in [0.29, 0.717) is 0 Å². The van der Waals surface area contributed by atoms with Gasteiger partial charge in [0, 0.05) is 25.2 Å². The first-order valence-electron chi connectivity index (χ1n) is 7.39. The molecular formula is C20H19NO. The fraction of sp³-hybridized carbons (Fsp3) is 0.150. The van der Waals surface area contributed by atoms with Crippen LogP contribution in [0.5, 0.6) is 0 Å². The molecule has 110 valence electrons. The van der Waals surface area contributed by atoms with Crippen molar-refractivity contribution in [1.82, 2.24) is 4.90 Å². The molecule has 0 heterocycles. The van der Waals surface area contributed by atoms with E-state index in [1.807, 2.05) is 36.4 Å². The standard InChI is InChI=1S/C20H19NO/c1-14-8-4-6-10-16(14)19-17-11-7-5-9-15(17)12-13-18(19)20(22)21(2)3/h4-13H,1-3H3. The highest BCUT2D eigenvalue weighted by molar-refractivity contribution is 6.10. The molecule has 0 aliphatic rings. The fourth-order valence-corrected chi connectivity index (χ4v) is 2.83. The van der Waals surface area contributed by atoms with Crippen LogP contribution < -0.4 is 0 Å². The third kappa shape index (κ3) is 2.37. The van der Waals surface area contributed by atoms with Gasteiger partial charge in [0.1, 0.15) is 0 Å². The highest BCUT2D eigenvalue weighted by atomic mass is 16.2. The van der Waals surface area contributed by atoms with Crippen molar-refractivity contribution in [3.63, 3.8) is 0 Å². The molecule has 0 N–H and O–H groups in total. The Morgan fingerprint density at radius 2 is 1.55 bits per heavy atom. The number of benzene rings is 3. The Morgan fingerprint density at radius 3 is 2.27 bits per heavy atom. The van der Waals surface area contributed by atoms with Crippen molar-refractivity contribution in [2.75, 3.05) is 14.1 Å². The zero-order chi connectivity index (χ0) is 15.7. The van der Waals surface area contributed by atoms with Crippen molar-refractivity contribution in [3.05, 3.63) is 71.8 Å². The van der Waals surface area contributed by atoms with Crippen LogP contribution in [-0.4, -0.2) is 24.9 Å². The van der Waals surface area contributed by atoms with Crippen LogP contribution in [0.15, 0.2) is 60.7 Å². The SMILES string of the molecule is Cc1ccccc1-c1c(C(=O)N(C)C)ccc2ccccc12. The highest BCUT2D eigenvalue weighted by Gasteiger charge is 2.18. The molecule has 2 heteroatoms. The van der Waals surface area contributed by atoms with Gasteiger partial charge in [-0.05, 0) is 34.9 Å². The smallest absolute Gasteiger partial charge is 0.253 e. The molecule has 0 saturated carbocycles. The van der Waals surface area contributed by atoms with E-state index in [0.717, 1.165) is 27.5 Å². The van der Waals surface area contributed by atoms with E-state index in [4.69, 9.17) is 0 Å². The van der Waals surface area contributed by atoms with Gasteiger partial charge in [-0.2, -0.15) is 0 Å². The van der Waals surface area contributed by atoms with E-state index in [2.05, 4.69) is 31.2 Å². The van der Waals surface area contributed by atoms with Crippen molar-refractivity contribution in [1.29, 1.82) is 0 Å². The normalized spacial score (nSPS) is 10.7. The summed E-state index contributed by atoms with van der Waals surface area (Å²) in [6, 6.07) is 20.4. The molecule has 2 nitrogen and oxygen atoms in total. The minimum Gasteiger partial charge on any atom is -0.345 e.